The predicted octanol–water partition coefficient (Wildman–Crippen LogP) is 6.25. The van der Waals surface area contributed by atoms with Crippen LogP contribution in [0.4, 0.5) is 4.79 Å². The number of rotatable bonds is 9. The molecule has 1 fully saturated rings. The van der Waals surface area contributed by atoms with E-state index in [2.05, 4.69) is 20.4 Å². The van der Waals surface area contributed by atoms with E-state index in [1.807, 2.05) is 36.4 Å². The normalized spacial score (nSPS) is 14.3. The van der Waals surface area contributed by atoms with Gasteiger partial charge in [-0.3, -0.25) is 19.3 Å². The van der Waals surface area contributed by atoms with Crippen molar-refractivity contribution in [2.45, 2.75) is 25.4 Å². The van der Waals surface area contributed by atoms with E-state index in [0.29, 0.717) is 62.2 Å². The summed E-state index contributed by atoms with van der Waals surface area (Å²) in [4.78, 5) is 45.5. The van der Waals surface area contributed by atoms with E-state index < -0.39 is 6.09 Å². The van der Waals surface area contributed by atoms with Crippen LogP contribution in [0.3, 0.4) is 0 Å². The molecular weight excluding hydrogens is 631 g/mol. The van der Waals surface area contributed by atoms with Gasteiger partial charge in [-0.15, -0.1) is 0 Å². The van der Waals surface area contributed by atoms with Crippen LogP contribution in [0.25, 0.3) is 44.5 Å². The minimum Gasteiger partial charge on any atom is -0.481 e. The Labute approximate surface area is 273 Å². The molecule has 0 bridgehead atoms. The number of benzene rings is 2. The largest absolute Gasteiger partial charge is 0.481 e. The molecule has 46 heavy (non-hydrogen) atoms. The number of ether oxygens (including phenoxy) is 1. The Morgan fingerprint density at radius 3 is 2.63 bits per heavy atom. The van der Waals surface area contributed by atoms with E-state index in [1.54, 1.807) is 36.1 Å². The van der Waals surface area contributed by atoms with Gasteiger partial charge < -0.3 is 20.1 Å². The summed E-state index contributed by atoms with van der Waals surface area (Å²) in [5.74, 6) is 0.177. The van der Waals surface area contributed by atoms with E-state index in [-0.39, 0.29) is 30.9 Å². The van der Waals surface area contributed by atoms with Gasteiger partial charge in [-0.1, -0.05) is 47.5 Å². The van der Waals surface area contributed by atoms with Crippen LogP contribution in [0.2, 0.25) is 10.0 Å². The molecule has 3 aromatic heterocycles. The van der Waals surface area contributed by atoms with Crippen LogP contribution < -0.4 is 10.1 Å². The minimum atomic E-state index is -1.11. The predicted molar refractivity (Wildman–Crippen MR) is 174 cm³/mol. The standard InChI is InChI=1S/C33H28Cl2N6O5/c1-40-27-14-18(6-9-23(27)26(17-42)39-40)31-30(35)22(12-13-36-31)21-4-3-5-24(29(21)34)25-10-7-19(32(38-25)46-2)15-41(33(44)45)16-20-8-11-28(43)37-20/h3-7,9-10,12-14,17,20H,8,11,15-16H2,1-2H3,(H,37,43)(H,44,45). The topological polar surface area (TPSA) is 140 Å². The lowest BCUT2D eigenvalue weighted by Crippen LogP contribution is -2.41. The van der Waals surface area contributed by atoms with Crippen molar-refractivity contribution in [1.29, 1.82) is 0 Å². The van der Waals surface area contributed by atoms with Gasteiger partial charge in [0, 0.05) is 65.5 Å². The van der Waals surface area contributed by atoms with Crippen LogP contribution in [0.5, 0.6) is 5.88 Å². The number of aryl methyl sites for hydroxylation is 1. The first kappa shape index (κ1) is 31.0. The molecule has 4 heterocycles. The number of carboxylic acid groups (broad SMARTS) is 1. The van der Waals surface area contributed by atoms with Crippen LogP contribution in [0.15, 0.2) is 60.8 Å². The Morgan fingerprint density at radius 1 is 1.13 bits per heavy atom. The fourth-order valence-corrected chi connectivity index (χ4v) is 6.37. The van der Waals surface area contributed by atoms with Crippen LogP contribution in [-0.4, -0.2) is 67.7 Å². The number of aromatic nitrogens is 4. The fourth-order valence-electron chi connectivity index (χ4n) is 5.72. The molecule has 2 amide bonds. The smallest absolute Gasteiger partial charge is 0.407 e. The van der Waals surface area contributed by atoms with Crippen molar-refractivity contribution in [3.8, 4) is 39.5 Å². The van der Waals surface area contributed by atoms with Crippen molar-refractivity contribution >= 4 is 52.4 Å². The van der Waals surface area contributed by atoms with Gasteiger partial charge >= 0.3 is 6.09 Å². The van der Waals surface area contributed by atoms with Crippen LogP contribution >= 0.6 is 23.2 Å². The Morgan fingerprint density at radius 2 is 1.91 bits per heavy atom. The van der Waals surface area contributed by atoms with E-state index in [1.165, 1.54) is 12.0 Å². The fraction of sp³-hybridized carbons (Fsp3) is 0.212. The van der Waals surface area contributed by atoms with Crippen molar-refractivity contribution < 1.29 is 24.2 Å². The highest BCUT2D eigenvalue weighted by Crippen LogP contribution is 2.42. The lowest BCUT2D eigenvalue weighted by atomic mass is 9.99. The van der Waals surface area contributed by atoms with Gasteiger partial charge in [0.2, 0.25) is 11.8 Å². The molecular formula is C33H28Cl2N6O5. The van der Waals surface area contributed by atoms with Gasteiger partial charge in [-0.05, 0) is 36.8 Å². The van der Waals surface area contributed by atoms with Crippen molar-refractivity contribution in [2.24, 2.45) is 7.05 Å². The molecule has 0 spiro atoms. The molecule has 1 saturated heterocycles. The molecule has 1 aliphatic rings. The molecule has 234 valence electrons. The molecule has 2 N–H and O–H groups in total. The third-order valence-electron chi connectivity index (χ3n) is 8.01. The molecule has 5 aromatic rings. The molecule has 11 nitrogen and oxygen atoms in total. The molecule has 1 unspecified atom stereocenters. The quantitative estimate of drug-likeness (QED) is 0.177. The number of carbonyl (C=O) groups is 3. The highest BCUT2D eigenvalue weighted by Gasteiger charge is 2.26. The minimum absolute atomic E-state index is 0.0302. The first-order chi connectivity index (χ1) is 22.2. The third kappa shape index (κ3) is 5.86. The highest BCUT2D eigenvalue weighted by molar-refractivity contribution is 6.39. The summed E-state index contributed by atoms with van der Waals surface area (Å²) in [7, 11) is 3.24. The summed E-state index contributed by atoms with van der Waals surface area (Å²) in [6.07, 6.45) is 2.24. The number of carbonyl (C=O) groups excluding carboxylic acids is 2. The zero-order chi connectivity index (χ0) is 32.5. The maximum absolute atomic E-state index is 12.0. The van der Waals surface area contributed by atoms with Gasteiger partial charge in [0.15, 0.2) is 6.29 Å². The Bertz CT molecular complexity index is 2010. The third-order valence-corrected chi connectivity index (χ3v) is 8.80. The number of fused-ring (bicyclic) bond motifs is 1. The monoisotopic (exact) mass is 658 g/mol. The Balaban J connectivity index is 1.32. The average Bonchev–Trinajstić information content (AvgIpc) is 3.62. The number of nitrogens with one attached hydrogen (secondary N) is 1. The van der Waals surface area contributed by atoms with Crippen molar-refractivity contribution in [2.75, 3.05) is 13.7 Å². The summed E-state index contributed by atoms with van der Waals surface area (Å²) < 4.78 is 7.20. The number of aldehydes is 1. The maximum Gasteiger partial charge on any atom is 0.407 e. The second kappa shape index (κ2) is 12.8. The summed E-state index contributed by atoms with van der Waals surface area (Å²) in [6, 6.07) is 16.2. The molecule has 13 heteroatoms. The van der Waals surface area contributed by atoms with Crippen molar-refractivity contribution in [3.05, 3.63) is 82.1 Å². The molecule has 2 aromatic carbocycles. The lowest BCUT2D eigenvalue weighted by Gasteiger charge is -2.23. The average molecular weight is 660 g/mol. The SMILES string of the molecule is COc1nc(-c2cccc(-c3ccnc(-c4ccc5c(C=O)nn(C)c5c4)c3Cl)c2Cl)ccc1CN(CC1CCC(=O)N1)C(=O)O. The summed E-state index contributed by atoms with van der Waals surface area (Å²) in [6.45, 7) is 0.187. The number of methoxy groups -OCH3 is 1. The number of pyridine rings is 2. The molecule has 0 aliphatic carbocycles. The van der Waals surface area contributed by atoms with Gasteiger partial charge in [-0.2, -0.15) is 5.10 Å². The number of halogens is 2. The maximum atomic E-state index is 12.0. The molecule has 1 atom stereocenters. The zero-order valence-corrected chi connectivity index (χ0v) is 26.3. The van der Waals surface area contributed by atoms with E-state index >= 15 is 0 Å². The summed E-state index contributed by atoms with van der Waals surface area (Å²) >= 11 is 14.0. The lowest BCUT2D eigenvalue weighted by molar-refractivity contribution is -0.119. The second-order valence-corrected chi connectivity index (χ2v) is 11.6. The second-order valence-electron chi connectivity index (χ2n) is 10.9. The highest BCUT2D eigenvalue weighted by atomic mass is 35.5. The van der Waals surface area contributed by atoms with Crippen LogP contribution in [0.1, 0.15) is 28.9 Å². The van der Waals surface area contributed by atoms with Gasteiger partial charge in [-0.25, -0.2) is 9.78 Å². The van der Waals surface area contributed by atoms with Gasteiger partial charge in [0.05, 0.1) is 40.6 Å². The first-order valence-electron chi connectivity index (χ1n) is 14.4. The van der Waals surface area contributed by atoms with Crippen molar-refractivity contribution in [1.82, 2.24) is 30.0 Å². The molecule has 0 saturated carbocycles. The molecule has 0 radical (unpaired) electrons. The van der Waals surface area contributed by atoms with Crippen LogP contribution in [-0.2, 0) is 18.4 Å². The number of amides is 2. The molecule has 1 aliphatic heterocycles. The summed E-state index contributed by atoms with van der Waals surface area (Å²) in [5, 5.41) is 18.4. The first-order valence-corrected chi connectivity index (χ1v) is 15.1. The van der Waals surface area contributed by atoms with E-state index in [4.69, 9.17) is 27.9 Å². The van der Waals surface area contributed by atoms with E-state index in [0.717, 1.165) is 22.8 Å². The van der Waals surface area contributed by atoms with E-state index in [9.17, 15) is 19.5 Å². The number of hydrogen-bond donors (Lipinski definition) is 2. The number of nitrogens with zero attached hydrogens (tertiary/aromatic N) is 5. The summed E-state index contributed by atoms with van der Waals surface area (Å²) in [5.41, 5.74) is 5.46. The van der Waals surface area contributed by atoms with Gasteiger partial charge in [0.25, 0.3) is 0 Å². The number of hydrogen-bond acceptors (Lipinski definition) is 7. The Hall–Kier alpha value is -5.00. The van der Waals surface area contributed by atoms with Crippen molar-refractivity contribution in [3.63, 3.8) is 0 Å². The van der Waals surface area contributed by atoms with Gasteiger partial charge in [0.1, 0.15) is 5.69 Å². The molecule has 6 rings (SSSR count). The zero-order valence-electron chi connectivity index (χ0n) is 24.8. The Kier molecular flexibility index (Phi) is 8.61. The van der Waals surface area contributed by atoms with Crippen LogP contribution in [0, 0.1) is 0 Å².